The fraction of sp³-hybridized carbons (Fsp3) is 1.00. The normalized spacial score (nSPS) is 8.57. The summed E-state index contributed by atoms with van der Waals surface area (Å²) in [7, 11) is 0. The number of aliphatic hydroxyl groups is 1. The van der Waals surface area contributed by atoms with Gasteiger partial charge in [-0.3, -0.25) is 4.70 Å². The van der Waals surface area contributed by atoms with Crippen molar-refractivity contribution in [3.05, 3.63) is 0 Å². The van der Waals surface area contributed by atoms with Crippen LogP contribution >= 0.6 is 0 Å². The number of hydrogen-bond acceptors (Lipinski definition) is 2. The Bertz CT molecular complexity index is 30.9. The molecule has 0 aliphatic heterocycles. The Hall–Kier alpha value is -0.150. The van der Waals surface area contributed by atoms with Gasteiger partial charge in [-0.05, 0) is 13.8 Å². The Morgan fingerprint density at radius 3 is 2.00 bits per heavy atom. The third-order valence-corrected chi connectivity index (χ3v) is 0.408. The SMILES string of the molecule is CC(C)OCO.F. The molecule has 0 unspecified atom stereocenters. The molecule has 0 rings (SSSR count). The van der Waals surface area contributed by atoms with Crippen LogP contribution in [0.4, 0.5) is 4.70 Å². The first-order chi connectivity index (χ1) is 2.77. The Morgan fingerprint density at radius 1 is 1.57 bits per heavy atom. The van der Waals surface area contributed by atoms with E-state index >= 15 is 0 Å². The maximum atomic E-state index is 8.01. The zero-order valence-electron chi connectivity index (χ0n) is 4.55. The summed E-state index contributed by atoms with van der Waals surface area (Å²) in [4.78, 5) is 0. The summed E-state index contributed by atoms with van der Waals surface area (Å²) in [5.74, 6) is 0. The highest BCUT2D eigenvalue weighted by molar-refractivity contribution is 4.28. The molecule has 0 aliphatic carbocycles. The number of aliphatic hydroxyl groups excluding tert-OH is 1. The first-order valence-corrected chi connectivity index (χ1v) is 2.00. The van der Waals surface area contributed by atoms with E-state index in [9.17, 15) is 0 Å². The molecule has 46 valence electrons. The van der Waals surface area contributed by atoms with Crippen LogP contribution in [-0.4, -0.2) is 18.0 Å². The van der Waals surface area contributed by atoms with E-state index in [1.165, 1.54) is 0 Å². The Morgan fingerprint density at radius 2 is 2.00 bits per heavy atom. The first-order valence-electron chi connectivity index (χ1n) is 2.00. The third kappa shape index (κ3) is 10.7. The van der Waals surface area contributed by atoms with Gasteiger partial charge in [-0.2, -0.15) is 0 Å². The quantitative estimate of drug-likeness (QED) is 0.525. The molecule has 1 N–H and O–H groups in total. The van der Waals surface area contributed by atoms with E-state index in [-0.39, 0.29) is 17.6 Å². The van der Waals surface area contributed by atoms with Gasteiger partial charge in [0.15, 0.2) is 0 Å². The molecule has 0 bridgehead atoms. The van der Waals surface area contributed by atoms with Gasteiger partial charge in [-0.1, -0.05) is 0 Å². The smallest absolute Gasteiger partial charge is 0.143 e. The van der Waals surface area contributed by atoms with Crippen molar-refractivity contribution in [1.82, 2.24) is 0 Å². The van der Waals surface area contributed by atoms with E-state index in [1.54, 1.807) is 0 Å². The van der Waals surface area contributed by atoms with Crippen molar-refractivity contribution in [2.75, 3.05) is 6.79 Å². The molecule has 0 aromatic carbocycles. The van der Waals surface area contributed by atoms with Crippen LogP contribution in [0.3, 0.4) is 0 Å². The zero-order valence-corrected chi connectivity index (χ0v) is 4.55. The van der Waals surface area contributed by atoms with Gasteiger partial charge in [-0.25, -0.2) is 0 Å². The van der Waals surface area contributed by atoms with Crippen LogP contribution in [0.2, 0.25) is 0 Å². The molecule has 0 spiro atoms. The van der Waals surface area contributed by atoms with Crippen molar-refractivity contribution >= 4 is 0 Å². The van der Waals surface area contributed by atoms with Crippen molar-refractivity contribution in [2.45, 2.75) is 20.0 Å². The Balaban J connectivity index is 0. The highest BCUT2D eigenvalue weighted by Crippen LogP contribution is 1.81. The molecule has 0 atom stereocenters. The average molecular weight is 110 g/mol. The van der Waals surface area contributed by atoms with Crippen LogP contribution in [0, 0.1) is 0 Å². The summed E-state index contributed by atoms with van der Waals surface area (Å²) < 4.78 is 4.60. The maximum Gasteiger partial charge on any atom is 0.143 e. The molecule has 0 heterocycles. The predicted molar refractivity (Wildman–Crippen MR) is 25.8 cm³/mol. The molecular formula is C4H11FO2. The van der Waals surface area contributed by atoms with Crippen molar-refractivity contribution < 1.29 is 14.5 Å². The minimum Gasteiger partial charge on any atom is -0.371 e. The molecule has 0 aromatic heterocycles. The molecule has 0 saturated carbocycles. The molecule has 3 heteroatoms. The predicted octanol–water partition coefficient (Wildman–Crippen LogP) is 0.514. The highest BCUT2D eigenvalue weighted by atomic mass is 19.0. The second-order valence-corrected chi connectivity index (χ2v) is 1.34. The number of rotatable bonds is 2. The minimum atomic E-state index is -0.169. The maximum absolute atomic E-state index is 8.01. The minimum absolute atomic E-state index is 0. The van der Waals surface area contributed by atoms with E-state index in [2.05, 4.69) is 4.74 Å². The van der Waals surface area contributed by atoms with Gasteiger partial charge in [0.25, 0.3) is 0 Å². The van der Waals surface area contributed by atoms with Crippen LogP contribution in [0.25, 0.3) is 0 Å². The summed E-state index contributed by atoms with van der Waals surface area (Å²) in [6.07, 6.45) is 0.148. The molecule has 0 amide bonds. The fourth-order valence-electron chi connectivity index (χ4n) is 0.149. The lowest BCUT2D eigenvalue weighted by Gasteiger charge is -1.99. The van der Waals surface area contributed by atoms with Crippen LogP contribution in [-0.2, 0) is 4.74 Å². The van der Waals surface area contributed by atoms with E-state index in [1.807, 2.05) is 13.8 Å². The molecule has 0 aromatic rings. The molecular weight excluding hydrogens is 99.0 g/mol. The van der Waals surface area contributed by atoms with Gasteiger partial charge in [0.05, 0.1) is 6.10 Å². The zero-order chi connectivity index (χ0) is 4.99. The van der Waals surface area contributed by atoms with Crippen LogP contribution in [0.15, 0.2) is 0 Å². The average Bonchev–Trinajstić information content (AvgIpc) is 1.35. The Kier molecular flexibility index (Phi) is 8.33. The lowest BCUT2D eigenvalue weighted by atomic mass is 10.5. The summed E-state index contributed by atoms with van der Waals surface area (Å²) in [6, 6.07) is 0. The first kappa shape index (κ1) is 9.97. The summed E-state index contributed by atoms with van der Waals surface area (Å²) >= 11 is 0. The number of halogens is 1. The van der Waals surface area contributed by atoms with Gasteiger partial charge >= 0.3 is 0 Å². The second kappa shape index (κ2) is 5.85. The van der Waals surface area contributed by atoms with Crippen molar-refractivity contribution in [2.24, 2.45) is 0 Å². The van der Waals surface area contributed by atoms with Gasteiger partial charge < -0.3 is 9.84 Å². The monoisotopic (exact) mass is 110 g/mol. The van der Waals surface area contributed by atoms with Crippen molar-refractivity contribution in [3.8, 4) is 0 Å². The van der Waals surface area contributed by atoms with E-state index in [0.717, 1.165) is 0 Å². The van der Waals surface area contributed by atoms with Gasteiger partial charge in [0.2, 0.25) is 0 Å². The molecule has 0 radical (unpaired) electrons. The number of hydrogen-bond donors (Lipinski definition) is 1. The van der Waals surface area contributed by atoms with Crippen LogP contribution in [0.5, 0.6) is 0 Å². The third-order valence-electron chi connectivity index (χ3n) is 0.408. The van der Waals surface area contributed by atoms with Crippen LogP contribution < -0.4 is 0 Å². The van der Waals surface area contributed by atoms with Gasteiger partial charge in [0.1, 0.15) is 6.79 Å². The van der Waals surface area contributed by atoms with Crippen molar-refractivity contribution in [1.29, 1.82) is 0 Å². The molecule has 0 aliphatic rings. The van der Waals surface area contributed by atoms with Crippen molar-refractivity contribution in [3.63, 3.8) is 0 Å². The van der Waals surface area contributed by atoms with Gasteiger partial charge in [0, 0.05) is 0 Å². The molecule has 7 heavy (non-hydrogen) atoms. The molecule has 0 fully saturated rings. The highest BCUT2D eigenvalue weighted by Gasteiger charge is 1.84. The summed E-state index contributed by atoms with van der Waals surface area (Å²) in [5.41, 5.74) is 0. The van der Waals surface area contributed by atoms with E-state index in [4.69, 9.17) is 5.11 Å². The fourth-order valence-corrected chi connectivity index (χ4v) is 0.149. The number of ether oxygens (including phenoxy) is 1. The van der Waals surface area contributed by atoms with Gasteiger partial charge in [-0.15, -0.1) is 0 Å². The topological polar surface area (TPSA) is 29.5 Å². The van der Waals surface area contributed by atoms with Crippen LogP contribution in [0.1, 0.15) is 13.8 Å². The summed E-state index contributed by atoms with van der Waals surface area (Å²) in [6.45, 7) is 3.57. The lowest BCUT2D eigenvalue weighted by molar-refractivity contribution is -0.0346. The largest absolute Gasteiger partial charge is 0.371 e. The second-order valence-electron chi connectivity index (χ2n) is 1.34. The molecule has 0 saturated heterocycles. The van der Waals surface area contributed by atoms with E-state index in [0.29, 0.717) is 0 Å². The summed E-state index contributed by atoms with van der Waals surface area (Å²) in [5, 5.41) is 8.01. The van der Waals surface area contributed by atoms with E-state index < -0.39 is 0 Å². The standard InChI is InChI=1S/C4H10O2.FH/c1-4(2)6-3-5;/h4-5H,3H2,1-2H3;1H. The Labute approximate surface area is 42.5 Å². The lowest BCUT2D eigenvalue weighted by Crippen LogP contribution is -2.01. The molecule has 2 nitrogen and oxygen atoms in total.